The summed E-state index contributed by atoms with van der Waals surface area (Å²) >= 11 is 0. The molecule has 102 valence electrons. The lowest BCUT2D eigenvalue weighted by atomic mass is 9.98. The van der Waals surface area contributed by atoms with Crippen LogP contribution in [0.3, 0.4) is 0 Å². The van der Waals surface area contributed by atoms with Gasteiger partial charge in [0.15, 0.2) is 0 Å². The fourth-order valence-electron chi connectivity index (χ4n) is 1.69. The van der Waals surface area contributed by atoms with Crippen molar-refractivity contribution < 1.29 is 9.53 Å². The van der Waals surface area contributed by atoms with Gasteiger partial charge in [-0.05, 0) is 44.9 Å². The van der Waals surface area contributed by atoms with Crippen LogP contribution in [0, 0.1) is 17.2 Å². The monoisotopic (exact) mass is 260 g/mol. The molecule has 0 aromatic heterocycles. The zero-order valence-electron chi connectivity index (χ0n) is 11.9. The number of carbonyl (C=O) groups excluding carboxylic acids is 1. The molecule has 0 spiro atoms. The molecule has 4 nitrogen and oxygen atoms in total. The molecule has 0 saturated carbocycles. The van der Waals surface area contributed by atoms with Crippen LogP contribution in [0.4, 0.5) is 0 Å². The summed E-state index contributed by atoms with van der Waals surface area (Å²) in [6.45, 7) is 5.68. The Morgan fingerprint density at radius 2 is 2.16 bits per heavy atom. The van der Waals surface area contributed by atoms with Crippen molar-refractivity contribution in [1.82, 2.24) is 5.32 Å². The van der Waals surface area contributed by atoms with Crippen molar-refractivity contribution in [1.29, 1.82) is 5.26 Å². The highest BCUT2D eigenvalue weighted by atomic mass is 16.5. The molecule has 1 unspecified atom stereocenters. The van der Waals surface area contributed by atoms with E-state index in [2.05, 4.69) is 11.4 Å². The fourth-order valence-corrected chi connectivity index (χ4v) is 1.69. The maximum atomic E-state index is 12.0. The molecule has 0 aliphatic carbocycles. The molecule has 4 heteroatoms. The summed E-state index contributed by atoms with van der Waals surface area (Å²) in [5.74, 6) is -0.199. The van der Waals surface area contributed by atoms with E-state index in [1.165, 1.54) is 0 Å². The van der Waals surface area contributed by atoms with Gasteiger partial charge in [-0.2, -0.15) is 5.26 Å². The highest BCUT2D eigenvalue weighted by Gasteiger charge is 2.22. The van der Waals surface area contributed by atoms with Gasteiger partial charge in [-0.1, -0.05) is 12.1 Å². The molecule has 0 aliphatic heterocycles. The Morgan fingerprint density at radius 1 is 1.47 bits per heavy atom. The first kappa shape index (κ1) is 15.0. The lowest BCUT2D eigenvalue weighted by Crippen LogP contribution is -2.44. The predicted molar refractivity (Wildman–Crippen MR) is 73.7 cm³/mol. The Morgan fingerprint density at radius 3 is 2.68 bits per heavy atom. The van der Waals surface area contributed by atoms with E-state index in [9.17, 15) is 4.79 Å². The summed E-state index contributed by atoms with van der Waals surface area (Å²) in [6.07, 6.45) is 0.385. The van der Waals surface area contributed by atoms with E-state index in [4.69, 9.17) is 10.00 Å². The number of methoxy groups -OCH3 is 1. The van der Waals surface area contributed by atoms with Crippen molar-refractivity contribution in [3.63, 3.8) is 0 Å². The van der Waals surface area contributed by atoms with Gasteiger partial charge in [0.25, 0.3) is 0 Å². The van der Waals surface area contributed by atoms with Gasteiger partial charge in [-0.15, -0.1) is 0 Å². The minimum absolute atomic E-state index is 0.238. The fraction of sp³-hybridized carbons (Fsp3) is 0.467. The third kappa shape index (κ3) is 5.01. The lowest BCUT2D eigenvalue weighted by Gasteiger charge is -2.22. The first-order valence-electron chi connectivity index (χ1n) is 6.20. The van der Waals surface area contributed by atoms with E-state index in [0.29, 0.717) is 6.42 Å². The highest BCUT2D eigenvalue weighted by Crippen LogP contribution is 2.16. The average Bonchev–Trinajstić information content (AvgIpc) is 2.34. The number of benzene rings is 1. The molecular weight excluding hydrogens is 240 g/mol. The lowest BCUT2D eigenvalue weighted by molar-refractivity contribution is -0.124. The summed E-state index contributed by atoms with van der Waals surface area (Å²) in [5.41, 5.74) is 0.579. The van der Waals surface area contributed by atoms with Gasteiger partial charge in [0.1, 0.15) is 11.7 Å². The number of rotatable bonds is 4. The van der Waals surface area contributed by atoms with Gasteiger partial charge in [0.2, 0.25) is 5.91 Å². The van der Waals surface area contributed by atoms with Gasteiger partial charge in [-0.3, -0.25) is 4.79 Å². The number of ether oxygens (including phenoxy) is 1. The van der Waals surface area contributed by atoms with Gasteiger partial charge >= 0.3 is 0 Å². The number of hydrogen-bond acceptors (Lipinski definition) is 3. The summed E-state index contributed by atoms with van der Waals surface area (Å²) < 4.78 is 5.13. The first-order chi connectivity index (χ1) is 8.85. The Balaban J connectivity index is 2.77. The number of nitrogens with one attached hydrogen (secondary N) is 1. The topological polar surface area (TPSA) is 62.1 Å². The number of hydrogen-bond donors (Lipinski definition) is 1. The molecule has 19 heavy (non-hydrogen) atoms. The number of carbonyl (C=O) groups is 1. The van der Waals surface area contributed by atoms with Crippen LogP contribution in [0.5, 0.6) is 5.75 Å². The normalized spacial score (nSPS) is 12.4. The molecule has 0 radical (unpaired) electrons. The third-order valence-electron chi connectivity index (χ3n) is 2.54. The van der Waals surface area contributed by atoms with Crippen LogP contribution >= 0.6 is 0 Å². The number of nitriles is 1. The largest absolute Gasteiger partial charge is 0.497 e. The summed E-state index contributed by atoms with van der Waals surface area (Å²) in [7, 11) is 1.59. The molecule has 1 amide bonds. The van der Waals surface area contributed by atoms with Gasteiger partial charge in [0, 0.05) is 5.54 Å². The Labute approximate surface area is 114 Å². The van der Waals surface area contributed by atoms with Crippen LogP contribution in [-0.2, 0) is 11.2 Å². The minimum Gasteiger partial charge on any atom is -0.497 e. The van der Waals surface area contributed by atoms with Gasteiger partial charge < -0.3 is 10.1 Å². The minimum atomic E-state index is -0.689. The summed E-state index contributed by atoms with van der Waals surface area (Å²) in [5, 5.41) is 12.0. The summed E-state index contributed by atoms with van der Waals surface area (Å²) in [6, 6.07) is 9.47. The second-order valence-electron chi connectivity index (χ2n) is 5.48. The smallest absolute Gasteiger partial charge is 0.238 e. The van der Waals surface area contributed by atoms with Crippen LogP contribution in [-0.4, -0.2) is 18.6 Å². The predicted octanol–water partition coefficient (Wildman–Crippen LogP) is 2.29. The molecule has 1 atom stereocenters. The number of amides is 1. The van der Waals surface area contributed by atoms with Crippen LogP contribution in [0.25, 0.3) is 0 Å². The molecule has 1 aromatic rings. The summed E-state index contributed by atoms with van der Waals surface area (Å²) in [4.78, 5) is 12.0. The van der Waals surface area contributed by atoms with E-state index >= 15 is 0 Å². The molecular formula is C15H20N2O2. The van der Waals surface area contributed by atoms with E-state index < -0.39 is 5.92 Å². The molecule has 0 saturated heterocycles. The zero-order chi connectivity index (χ0) is 14.5. The van der Waals surface area contributed by atoms with Gasteiger partial charge in [0.05, 0.1) is 13.2 Å². The molecule has 1 rings (SSSR count). The van der Waals surface area contributed by atoms with Crippen LogP contribution in [0.2, 0.25) is 0 Å². The van der Waals surface area contributed by atoms with Crippen molar-refractivity contribution in [3.05, 3.63) is 29.8 Å². The maximum Gasteiger partial charge on any atom is 0.238 e. The standard InChI is InChI=1S/C15H20N2O2/c1-15(2,3)17-14(18)12(10-16)8-11-6-5-7-13(9-11)19-4/h5-7,9,12H,8H2,1-4H3,(H,17,18). The molecule has 0 fully saturated rings. The quantitative estimate of drug-likeness (QED) is 0.903. The Kier molecular flexibility index (Phi) is 4.94. The molecule has 0 heterocycles. The van der Waals surface area contributed by atoms with E-state index in [-0.39, 0.29) is 11.4 Å². The van der Waals surface area contributed by atoms with E-state index in [1.54, 1.807) is 7.11 Å². The second kappa shape index (κ2) is 6.24. The zero-order valence-corrected chi connectivity index (χ0v) is 11.9. The van der Waals surface area contributed by atoms with E-state index in [1.807, 2.05) is 45.0 Å². The van der Waals surface area contributed by atoms with Crippen molar-refractivity contribution in [2.75, 3.05) is 7.11 Å². The van der Waals surface area contributed by atoms with Gasteiger partial charge in [-0.25, -0.2) is 0 Å². The molecule has 0 bridgehead atoms. The van der Waals surface area contributed by atoms with Crippen LogP contribution in [0.15, 0.2) is 24.3 Å². The molecule has 0 aliphatic rings. The van der Waals surface area contributed by atoms with Crippen molar-refractivity contribution in [2.45, 2.75) is 32.7 Å². The van der Waals surface area contributed by atoms with E-state index in [0.717, 1.165) is 11.3 Å². The first-order valence-corrected chi connectivity index (χ1v) is 6.20. The number of nitrogens with zero attached hydrogens (tertiary/aromatic N) is 1. The Hall–Kier alpha value is -2.02. The molecule has 1 N–H and O–H groups in total. The van der Waals surface area contributed by atoms with Crippen LogP contribution < -0.4 is 10.1 Å². The van der Waals surface area contributed by atoms with Crippen molar-refractivity contribution in [3.8, 4) is 11.8 Å². The molecule has 1 aromatic carbocycles. The van der Waals surface area contributed by atoms with Crippen LogP contribution in [0.1, 0.15) is 26.3 Å². The third-order valence-corrected chi connectivity index (χ3v) is 2.54. The maximum absolute atomic E-state index is 12.0. The average molecular weight is 260 g/mol. The highest BCUT2D eigenvalue weighted by molar-refractivity contribution is 5.82. The Bertz CT molecular complexity index is 484. The van der Waals surface area contributed by atoms with Crippen molar-refractivity contribution in [2.24, 2.45) is 5.92 Å². The second-order valence-corrected chi connectivity index (χ2v) is 5.48. The SMILES string of the molecule is COc1cccc(CC(C#N)C(=O)NC(C)(C)C)c1. The van der Waals surface area contributed by atoms with Crippen molar-refractivity contribution >= 4 is 5.91 Å².